The number of hydrogen-bond donors (Lipinski definition) is 1. The van der Waals surface area contributed by atoms with Crippen molar-refractivity contribution in [3.05, 3.63) is 178 Å². The van der Waals surface area contributed by atoms with Crippen LogP contribution in [0.1, 0.15) is 37.1 Å². The maximum Gasteiger partial charge on any atom is 1.00 e. The number of nitrogens with zero attached hydrogens (tertiary/aromatic N) is 5. The third kappa shape index (κ3) is 20.3. The summed E-state index contributed by atoms with van der Waals surface area (Å²) >= 11 is 17.4. The van der Waals surface area contributed by atoms with Crippen LogP contribution in [0.2, 0.25) is 15.5 Å². The van der Waals surface area contributed by atoms with Crippen molar-refractivity contribution in [3.63, 3.8) is 0 Å². The normalized spacial score (nSPS) is 9.79. The molecule has 0 saturated heterocycles. The van der Waals surface area contributed by atoms with Crippen LogP contribution >= 0.6 is 34.8 Å². The quantitative estimate of drug-likeness (QED) is 0.0383. The van der Waals surface area contributed by atoms with Crippen molar-refractivity contribution in [2.45, 2.75) is 35.6 Å². The van der Waals surface area contributed by atoms with Crippen molar-refractivity contribution in [2.24, 2.45) is 0 Å². The molecule has 0 saturated carbocycles. The first kappa shape index (κ1) is 73.2. The van der Waals surface area contributed by atoms with E-state index < -0.39 is 29.3 Å². The van der Waals surface area contributed by atoms with Crippen molar-refractivity contribution >= 4 is 95.1 Å². The molecule has 0 aliphatic heterocycles. The van der Waals surface area contributed by atoms with Crippen molar-refractivity contribution in [1.82, 2.24) is 24.9 Å². The standard InChI is InChI=1S/C11H9ClFNO.2C11H9F2NO.C10H7ClFNO.C9H5ClFNO.CH2O3.2CH4.2K.H/c1-2-15-10-6-14-11(12)9-5-7(13)3-4-8(9)10;2*1-2-15-10-6-14-11(13)9-5-7(12)3-4-8(9)10;1-14-9-5-13-10(11)8-4-6(12)2-3-7(8)9;10-9-7-3-5(11)1-2-6(7)8(13)4-12-9;2-1-4-3;;;;;/h3*3-6H,2H2,1H3;2-5H,1H3;1-4,13H;1,3H;2*1H4;;;/q;;;;;;;;2*+1;-1/p-1. The molecule has 0 amide bonds. The van der Waals surface area contributed by atoms with Crippen LogP contribution < -0.4 is 127 Å². The van der Waals surface area contributed by atoms with Gasteiger partial charge in [0.15, 0.2) is 0 Å². The van der Waals surface area contributed by atoms with E-state index in [0.29, 0.717) is 75.1 Å². The van der Waals surface area contributed by atoms with Crippen LogP contribution in [0.5, 0.6) is 28.7 Å². The maximum absolute atomic E-state index is 13.3. The van der Waals surface area contributed by atoms with Gasteiger partial charge in [-0.15, -0.1) is 0 Å². The van der Waals surface area contributed by atoms with Gasteiger partial charge >= 0.3 is 103 Å². The smallest absolute Gasteiger partial charge is 1.00 e. The molecule has 5 aromatic carbocycles. The molecular formula is C55H49Cl3F7K2N5O8. The molecule has 414 valence electrons. The van der Waals surface area contributed by atoms with E-state index in [4.69, 9.17) is 63.8 Å². The van der Waals surface area contributed by atoms with Crippen LogP contribution in [-0.2, 0) is 9.68 Å². The zero-order chi connectivity index (χ0) is 55.5. The van der Waals surface area contributed by atoms with Gasteiger partial charge in [-0.25, -0.2) is 46.9 Å². The second-order valence-electron chi connectivity index (χ2n) is 14.7. The summed E-state index contributed by atoms with van der Waals surface area (Å²) in [4.78, 5) is 29.8. The minimum absolute atomic E-state index is 0. The molecule has 0 spiro atoms. The Balaban J connectivity index is 0.000000957. The molecule has 5 heterocycles. The summed E-state index contributed by atoms with van der Waals surface area (Å²) in [6.45, 7) is 6.79. The molecule has 10 rings (SSSR count). The largest absolute Gasteiger partial charge is 1.00 e. The first-order chi connectivity index (χ1) is 36.5. The van der Waals surface area contributed by atoms with Crippen molar-refractivity contribution in [2.75, 3.05) is 26.9 Å². The third-order valence-electron chi connectivity index (χ3n) is 10.00. The van der Waals surface area contributed by atoms with E-state index in [0.717, 1.165) is 22.9 Å². The summed E-state index contributed by atoms with van der Waals surface area (Å²) in [6.07, 6.45) is 6.91. The number of aromatic nitrogens is 5. The number of fused-ring (bicyclic) bond motifs is 5. The molecule has 0 fully saturated rings. The molecule has 0 atom stereocenters. The minimum atomic E-state index is -0.687. The van der Waals surface area contributed by atoms with Gasteiger partial charge in [-0.3, -0.25) is 4.79 Å². The predicted octanol–water partition coefficient (Wildman–Crippen LogP) is 8.85. The summed E-state index contributed by atoms with van der Waals surface area (Å²) in [5.41, 5.74) is 0. The summed E-state index contributed by atoms with van der Waals surface area (Å²) in [6, 6.07) is 20.4. The summed E-state index contributed by atoms with van der Waals surface area (Å²) in [5, 5.41) is 23.5. The fourth-order valence-corrected chi connectivity index (χ4v) is 7.38. The number of rotatable bonds is 8. The Bertz CT molecular complexity index is 3410. The Kier molecular flexibility index (Phi) is 33.5. The molecule has 0 radical (unpaired) electrons. The van der Waals surface area contributed by atoms with Crippen LogP contribution in [-0.4, -0.2) is 63.4 Å². The average Bonchev–Trinajstić information content (AvgIpc) is 3.41. The molecule has 25 heteroatoms. The van der Waals surface area contributed by atoms with E-state index in [-0.39, 0.29) is 169 Å². The van der Waals surface area contributed by atoms with Gasteiger partial charge in [0.25, 0.3) is 6.47 Å². The van der Waals surface area contributed by atoms with Crippen molar-refractivity contribution in [3.8, 4) is 28.7 Å². The number of benzene rings is 5. The van der Waals surface area contributed by atoms with Gasteiger partial charge in [0, 0.05) is 53.9 Å². The molecule has 5 aromatic heterocycles. The van der Waals surface area contributed by atoms with E-state index in [1.807, 2.05) is 20.8 Å². The minimum Gasteiger partial charge on any atom is -1.00 e. The number of halogens is 10. The van der Waals surface area contributed by atoms with Crippen molar-refractivity contribution in [1.29, 1.82) is 0 Å². The van der Waals surface area contributed by atoms with Gasteiger partial charge in [0.2, 0.25) is 11.9 Å². The van der Waals surface area contributed by atoms with Crippen LogP contribution in [0.4, 0.5) is 30.7 Å². The first-order valence-electron chi connectivity index (χ1n) is 22.0. The molecule has 0 bridgehead atoms. The van der Waals surface area contributed by atoms with Crippen LogP contribution in [0.3, 0.4) is 0 Å². The second-order valence-corrected chi connectivity index (χ2v) is 15.8. The van der Waals surface area contributed by atoms with Crippen LogP contribution in [0.25, 0.3) is 53.9 Å². The zero-order valence-electron chi connectivity index (χ0n) is 43.1. The Morgan fingerprint density at radius 1 is 0.463 bits per heavy atom. The molecule has 0 aliphatic rings. The number of carbonyl (C=O) groups is 1. The number of methoxy groups -OCH3 is 1. The molecule has 13 nitrogen and oxygen atoms in total. The van der Waals surface area contributed by atoms with Gasteiger partial charge in [-0.2, -0.15) is 8.78 Å². The Morgan fingerprint density at radius 2 is 0.725 bits per heavy atom. The molecular weight excluding hydrogens is 1180 g/mol. The van der Waals surface area contributed by atoms with Crippen LogP contribution in [0.15, 0.2) is 122 Å². The molecule has 10 aromatic rings. The van der Waals surface area contributed by atoms with Crippen molar-refractivity contribution < 1.29 is 174 Å². The van der Waals surface area contributed by atoms with E-state index in [2.05, 4.69) is 29.8 Å². The Hall–Kier alpha value is -4.77. The number of carbonyl (C=O) groups excluding carboxylic acids is 1. The average molecular weight is 1230 g/mol. The van der Waals surface area contributed by atoms with E-state index in [1.54, 1.807) is 18.3 Å². The number of pyridine rings is 5. The molecule has 0 unspecified atom stereocenters. The molecule has 0 aliphatic carbocycles. The summed E-state index contributed by atoms with van der Waals surface area (Å²) < 4.78 is 112. The summed E-state index contributed by atoms with van der Waals surface area (Å²) in [5.74, 6) is -1.28. The number of ether oxygens (including phenoxy) is 4. The fraction of sp³-hybridized carbons (Fsp3) is 0.164. The predicted molar refractivity (Wildman–Crippen MR) is 287 cm³/mol. The van der Waals surface area contributed by atoms with Gasteiger partial charge in [-0.05, 0) is 112 Å². The van der Waals surface area contributed by atoms with E-state index in [1.165, 1.54) is 98.6 Å². The maximum atomic E-state index is 13.3. The van der Waals surface area contributed by atoms with Gasteiger partial charge in [0.05, 0.1) is 57.9 Å². The fourth-order valence-electron chi connectivity index (χ4n) is 6.77. The van der Waals surface area contributed by atoms with E-state index >= 15 is 0 Å². The molecule has 1 N–H and O–H groups in total. The third-order valence-corrected chi connectivity index (χ3v) is 10.9. The Morgan fingerprint density at radius 3 is 1.05 bits per heavy atom. The topological polar surface area (TPSA) is 171 Å². The van der Waals surface area contributed by atoms with Gasteiger partial charge in [-0.1, -0.05) is 49.7 Å². The SMILES string of the molecule is C.C.CCOc1cnc(Cl)c2cc(F)ccc12.CCOc1cnc(F)c2cc(F)ccc12.CCOc1cnc(F)c2cc(F)ccc12.COc1cnc(Cl)c2cc(F)ccc12.O=CO[O-].Oc1cnc(Cl)c2cc(F)ccc12.[H-].[K+].[K+]. The number of aromatic hydroxyl groups is 1. The van der Waals surface area contributed by atoms with Gasteiger partial charge < -0.3 is 35.6 Å². The zero-order valence-corrected chi connectivity index (χ0v) is 50.6. The molecule has 80 heavy (non-hydrogen) atoms. The summed E-state index contributed by atoms with van der Waals surface area (Å²) in [7, 11) is 1.54. The monoisotopic (exact) mass is 1220 g/mol. The second kappa shape index (κ2) is 36.6. The number of hydrogen-bond acceptors (Lipinski definition) is 13. The van der Waals surface area contributed by atoms with Crippen LogP contribution in [0, 0.1) is 41.0 Å². The van der Waals surface area contributed by atoms with E-state index in [9.17, 15) is 35.8 Å². The Labute approximate surface area is 557 Å². The first-order valence-corrected chi connectivity index (χ1v) is 23.1. The van der Waals surface area contributed by atoms with Gasteiger partial charge in [0.1, 0.15) is 73.3 Å².